The van der Waals surface area contributed by atoms with Crippen molar-refractivity contribution in [1.29, 1.82) is 0 Å². The van der Waals surface area contributed by atoms with Crippen molar-refractivity contribution in [1.82, 2.24) is 10.1 Å². The average molecular weight is 420 g/mol. The molecule has 0 radical (unpaired) electrons. The van der Waals surface area contributed by atoms with Crippen molar-refractivity contribution in [3.05, 3.63) is 83.4 Å². The van der Waals surface area contributed by atoms with E-state index in [2.05, 4.69) is 15.5 Å². The minimum atomic E-state index is -0.240. The Morgan fingerprint density at radius 1 is 1.03 bits per heavy atom. The first-order valence-electron chi connectivity index (χ1n) is 9.26. The van der Waals surface area contributed by atoms with Gasteiger partial charge in [0, 0.05) is 21.8 Å². The van der Waals surface area contributed by atoms with Crippen LogP contribution < -0.4 is 10.1 Å². The molecule has 4 aromatic rings. The molecule has 4 rings (SSSR count). The van der Waals surface area contributed by atoms with Gasteiger partial charge < -0.3 is 14.6 Å². The van der Waals surface area contributed by atoms with Crippen molar-refractivity contribution in [2.75, 3.05) is 11.9 Å². The number of rotatable bonds is 6. The number of anilines is 1. The molecule has 0 aliphatic rings. The van der Waals surface area contributed by atoms with Crippen molar-refractivity contribution in [2.24, 2.45) is 0 Å². The second kappa shape index (κ2) is 8.80. The van der Waals surface area contributed by atoms with E-state index in [1.807, 2.05) is 49.4 Å². The molecule has 0 aliphatic heterocycles. The predicted molar refractivity (Wildman–Crippen MR) is 115 cm³/mol. The third kappa shape index (κ3) is 4.85. The molecule has 0 fully saturated rings. The lowest BCUT2D eigenvalue weighted by Gasteiger charge is -2.08. The van der Waals surface area contributed by atoms with E-state index in [-0.39, 0.29) is 12.5 Å². The van der Waals surface area contributed by atoms with E-state index >= 15 is 0 Å². The predicted octanol–water partition coefficient (Wildman–Crippen LogP) is 5.38. The molecule has 1 amide bonds. The third-order valence-corrected chi connectivity index (χ3v) is 4.53. The maximum Gasteiger partial charge on any atom is 0.262 e. The molecule has 1 N–H and O–H groups in total. The number of aromatic nitrogens is 2. The first-order chi connectivity index (χ1) is 14.6. The summed E-state index contributed by atoms with van der Waals surface area (Å²) in [5.74, 6) is 1.11. The summed E-state index contributed by atoms with van der Waals surface area (Å²) in [6, 6.07) is 21.9. The molecule has 30 heavy (non-hydrogen) atoms. The smallest absolute Gasteiger partial charge is 0.262 e. The van der Waals surface area contributed by atoms with E-state index in [0.29, 0.717) is 22.5 Å². The van der Waals surface area contributed by atoms with Gasteiger partial charge in [-0.05, 0) is 61.0 Å². The minimum Gasteiger partial charge on any atom is -0.484 e. The number of carbonyl (C=O) groups excluding carboxylic acids is 1. The average Bonchev–Trinajstić information content (AvgIpc) is 3.23. The fourth-order valence-corrected chi connectivity index (χ4v) is 2.97. The summed E-state index contributed by atoms with van der Waals surface area (Å²) in [5.41, 5.74) is 3.30. The van der Waals surface area contributed by atoms with Crippen molar-refractivity contribution in [3.8, 4) is 28.6 Å². The summed E-state index contributed by atoms with van der Waals surface area (Å²) >= 11 is 5.91. The van der Waals surface area contributed by atoms with Crippen LogP contribution >= 0.6 is 11.6 Å². The minimum absolute atomic E-state index is 0.111. The van der Waals surface area contributed by atoms with Gasteiger partial charge in [0.05, 0.1) is 0 Å². The normalized spacial score (nSPS) is 10.6. The highest BCUT2D eigenvalue weighted by Crippen LogP contribution is 2.25. The summed E-state index contributed by atoms with van der Waals surface area (Å²) in [6.07, 6.45) is 0. The number of halogens is 1. The number of carbonyl (C=O) groups is 1. The van der Waals surface area contributed by atoms with Gasteiger partial charge in [0.2, 0.25) is 5.82 Å². The Morgan fingerprint density at radius 2 is 1.83 bits per heavy atom. The Labute approximate surface area is 178 Å². The van der Waals surface area contributed by atoms with Gasteiger partial charge in [0.25, 0.3) is 11.8 Å². The van der Waals surface area contributed by atoms with Gasteiger partial charge >= 0.3 is 0 Å². The van der Waals surface area contributed by atoms with Crippen molar-refractivity contribution in [3.63, 3.8) is 0 Å². The maximum absolute atomic E-state index is 12.2. The molecule has 3 aromatic carbocycles. The molecular formula is C23H18ClN3O3. The fraction of sp³-hybridized carbons (Fsp3) is 0.0870. The van der Waals surface area contributed by atoms with Crippen molar-refractivity contribution in [2.45, 2.75) is 6.92 Å². The van der Waals surface area contributed by atoms with Crippen LogP contribution in [0.3, 0.4) is 0 Å². The zero-order valence-corrected chi connectivity index (χ0v) is 16.9. The van der Waals surface area contributed by atoms with E-state index < -0.39 is 0 Å². The number of aryl methyl sites for hydroxylation is 1. The summed E-state index contributed by atoms with van der Waals surface area (Å²) < 4.78 is 11.0. The molecule has 1 heterocycles. The molecule has 7 heteroatoms. The van der Waals surface area contributed by atoms with E-state index in [9.17, 15) is 4.79 Å². The zero-order valence-electron chi connectivity index (χ0n) is 16.1. The Hall–Kier alpha value is -3.64. The molecule has 0 unspecified atom stereocenters. The van der Waals surface area contributed by atoms with Gasteiger partial charge in [-0.1, -0.05) is 41.0 Å². The monoisotopic (exact) mass is 419 g/mol. The van der Waals surface area contributed by atoms with Crippen molar-refractivity contribution < 1.29 is 14.1 Å². The van der Waals surface area contributed by atoms with Gasteiger partial charge in [-0.3, -0.25) is 4.79 Å². The first-order valence-corrected chi connectivity index (χ1v) is 9.64. The first kappa shape index (κ1) is 19.7. The third-order valence-electron chi connectivity index (χ3n) is 4.28. The van der Waals surface area contributed by atoms with Gasteiger partial charge in [-0.2, -0.15) is 4.98 Å². The number of ether oxygens (including phenoxy) is 1. The van der Waals surface area contributed by atoms with Crippen LogP contribution in [0, 0.1) is 6.92 Å². The molecule has 0 saturated heterocycles. The van der Waals surface area contributed by atoms with Crippen LogP contribution in [0.1, 0.15) is 5.56 Å². The highest BCUT2D eigenvalue weighted by molar-refractivity contribution is 6.30. The van der Waals surface area contributed by atoms with Crippen molar-refractivity contribution >= 4 is 23.2 Å². The van der Waals surface area contributed by atoms with Crippen LogP contribution in [0.25, 0.3) is 22.8 Å². The second-order valence-electron chi connectivity index (χ2n) is 6.66. The molecule has 1 aromatic heterocycles. The van der Waals surface area contributed by atoms with Crippen LogP contribution in [0.15, 0.2) is 77.3 Å². The number of nitrogens with zero attached hydrogens (tertiary/aromatic N) is 2. The summed E-state index contributed by atoms with van der Waals surface area (Å²) in [7, 11) is 0. The van der Waals surface area contributed by atoms with Crippen LogP contribution in [-0.4, -0.2) is 22.7 Å². The van der Waals surface area contributed by atoms with Crippen LogP contribution in [0.4, 0.5) is 5.69 Å². The quantitative estimate of drug-likeness (QED) is 0.453. The number of amides is 1. The van der Waals surface area contributed by atoms with Gasteiger partial charge in [0.1, 0.15) is 5.75 Å². The summed E-state index contributed by atoms with van der Waals surface area (Å²) in [5, 5.41) is 7.48. The SMILES string of the molecule is Cc1cccc(NC(=O)COc2cccc(-c3noc(-c4ccc(Cl)cc4)n3)c2)c1. The molecule has 150 valence electrons. The Kier molecular flexibility index (Phi) is 5.77. The maximum atomic E-state index is 12.2. The Bertz CT molecular complexity index is 1170. The van der Waals surface area contributed by atoms with Crippen LogP contribution in [-0.2, 0) is 4.79 Å². The van der Waals surface area contributed by atoms with E-state index in [4.69, 9.17) is 20.9 Å². The molecule has 6 nitrogen and oxygen atoms in total. The molecule has 0 bridgehead atoms. The highest BCUT2D eigenvalue weighted by atomic mass is 35.5. The van der Waals surface area contributed by atoms with Crippen LogP contribution in [0.5, 0.6) is 5.75 Å². The molecule has 0 aliphatic carbocycles. The standard InChI is InChI=1S/C23H18ClN3O3/c1-15-4-2-6-19(12-15)25-21(28)14-29-20-7-3-5-17(13-20)22-26-23(30-27-22)16-8-10-18(24)11-9-16/h2-13H,14H2,1H3,(H,25,28). The number of nitrogens with one attached hydrogen (secondary N) is 1. The van der Waals surface area contributed by atoms with E-state index in [1.165, 1.54) is 0 Å². The Morgan fingerprint density at radius 3 is 2.63 bits per heavy atom. The summed E-state index contributed by atoms with van der Waals surface area (Å²) in [4.78, 5) is 16.6. The molecular weight excluding hydrogens is 402 g/mol. The lowest BCUT2D eigenvalue weighted by atomic mass is 10.2. The second-order valence-corrected chi connectivity index (χ2v) is 7.10. The number of hydrogen-bond acceptors (Lipinski definition) is 5. The van der Waals surface area contributed by atoms with E-state index in [0.717, 1.165) is 22.4 Å². The summed E-state index contributed by atoms with van der Waals surface area (Å²) in [6.45, 7) is 1.85. The zero-order chi connectivity index (χ0) is 20.9. The molecule has 0 spiro atoms. The largest absolute Gasteiger partial charge is 0.484 e. The lowest BCUT2D eigenvalue weighted by molar-refractivity contribution is -0.118. The molecule has 0 saturated carbocycles. The number of hydrogen-bond donors (Lipinski definition) is 1. The lowest BCUT2D eigenvalue weighted by Crippen LogP contribution is -2.20. The highest BCUT2D eigenvalue weighted by Gasteiger charge is 2.12. The fourth-order valence-electron chi connectivity index (χ4n) is 2.84. The molecule has 0 atom stereocenters. The van der Waals surface area contributed by atoms with Crippen LogP contribution in [0.2, 0.25) is 5.02 Å². The van der Waals surface area contributed by atoms with E-state index in [1.54, 1.807) is 30.3 Å². The Balaban J connectivity index is 1.41. The van der Waals surface area contributed by atoms with Gasteiger partial charge in [0.15, 0.2) is 6.61 Å². The van der Waals surface area contributed by atoms with Gasteiger partial charge in [-0.15, -0.1) is 0 Å². The van der Waals surface area contributed by atoms with Gasteiger partial charge in [-0.25, -0.2) is 0 Å². The number of benzene rings is 3. The topological polar surface area (TPSA) is 77.2 Å².